The molecule has 0 amide bonds. The van der Waals surface area contributed by atoms with Crippen molar-refractivity contribution in [1.82, 2.24) is 4.98 Å². The summed E-state index contributed by atoms with van der Waals surface area (Å²) < 4.78 is 0. The fourth-order valence-corrected chi connectivity index (χ4v) is 3.68. The summed E-state index contributed by atoms with van der Waals surface area (Å²) in [5.74, 6) is 0. The van der Waals surface area contributed by atoms with E-state index in [1.54, 1.807) is 6.20 Å². The first-order valence-electron chi connectivity index (χ1n) is 6.76. The van der Waals surface area contributed by atoms with Gasteiger partial charge in [-0.3, -0.25) is 4.98 Å². The number of fused-ring (bicyclic) bond motifs is 6. The summed E-state index contributed by atoms with van der Waals surface area (Å²) in [4.78, 5) is 6.93. The molecule has 1 aromatic heterocycles. The summed E-state index contributed by atoms with van der Waals surface area (Å²) in [5.41, 5.74) is 4.71. The van der Waals surface area contributed by atoms with Crippen LogP contribution in [-0.4, -0.2) is 11.5 Å². The van der Waals surface area contributed by atoms with Gasteiger partial charge in [0.15, 0.2) is 0 Å². The van der Waals surface area contributed by atoms with E-state index in [1.165, 1.54) is 12.0 Å². The minimum absolute atomic E-state index is 0.398. The number of nitrogens with zero attached hydrogens (tertiary/aromatic N) is 3. The molecule has 3 nitrogen and oxygen atoms in total. The summed E-state index contributed by atoms with van der Waals surface area (Å²) in [7, 11) is 0. The highest BCUT2D eigenvalue weighted by Crippen LogP contribution is 2.50. The van der Waals surface area contributed by atoms with Gasteiger partial charge in [0.1, 0.15) is 6.07 Å². The van der Waals surface area contributed by atoms with Crippen molar-refractivity contribution in [2.75, 3.05) is 11.4 Å². The van der Waals surface area contributed by atoms with E-state index in [-0.39, 0.29) is 0 Å². The fraction of sp³-hybridized carbons (Fsp3) is 0.250. The standard InChI is InChI=1S/C16H12ClN3/c17-15-10(9-18)5-6-13-14(15)16-11(3-1-7-19-16)12-4-2-8-20(12)13/h1,3,5-7,12H,2,4,8H2. The van der Waals surface area contributed by atoms with Crippen molar-refractivity contribution >= 4 is 17.3 Å². The van der Waals surface area contributed by atoms with E-state index in [0.29, 0.717) is 16.6 Å². The maximum Gasteiger partial charge on any atom is 0.101 e. The third kappa shape index (κ3) is 1.43. The quantitative estimate of drug-likeness (QED) is 0.734. The van der Waals surface area contributed by atoms with Gasteiger partial charge in [0.25, 0.3) is 0 Å². The van der Waals surface area contributed by atoms with Crippen molar-refractivity contribution in [3.63, 3.8) is 0 Å². The van der Waals surface area contributed by atoms with Gasteiger partial charge < -0.3 is 4.90 Å². The Labute approximate surface area is 122 Å². The van der Waals surface area contributed by atoms with Gasteiger partial charge in [0, 0.05) is 29.6 Å². The molecule has 98 valence electrons. The number of halogens is 1. The predicted molar refractivity (Wildman–Crippen MR) is 78.7 cm³/mol. The second-order valence-electron chi connectivity index (χ2n) is 5.23. The molecule has 2 aliphatic rings. The Balaban J connectivity index is 2.08. The summed E-state index contributed by atoms with van der Waals surface area (Å²) in [6.45, 7) is 1.04. The average molecular weight is 282 g/mol. The van der Waals surface area contributed by atoms with Crippen LogP contribution in [-0.2, 0) is 0 Å². The van der Waals surface area contributed by atoms with Crippen LogP contribution in [0.1, 0.15) is 30.0 Å². The highest BCUT2D eigenvalue weighted by Gasteiger charge is 2.36. The molecule has 4 rings (SSSR count). The lowest BCUT2D eigenvalue weighted by Crippen LogP contribution is -2.27. The zero-order valence-electron chi connectivity index (χ0n) is 10.8. The van der Waals surface area contributed by atoms with Gasteiger partial charge in [0.2, 0.25) is 0 Å². The van der Waals surface area contributed by atoms with E-state index in [9.17, 15) is 5.26 Å². The third-order valence-corrected chi connectivity index (χ3v) is 4.63. The molecule has 1 saturated heterocycles. The monoisotopic (exact) mass is 281 g/mol. The maximum atomic E-state index is 9.19. The van der Waals surface area contributed by atoms with Crippen LogP contribution >= 0.6 is 11.6 Å². The van der Waals surface area contributed by atoms with Crippen molar-refractivity contribution < 1.29 is 0 Å². The highest BCUT2D eigenvalue weighted by atomic mass is 35.5. The van der Waals surface area contributed by atoms with Crippen molar-refractivity contribution in [1.29, 1.82) is 5.26 Å². The molecule has 20 heavy (non-hydrogen) atoms. The zero-order valence-corrected chi connectivity index (χ0v) is 11.6. The molecule has 1 fully saturated rings. The van der Waals surface area contributed by atoms with E-state index in [1.807, 2.05) is 18.2 Å². The van der Waals surface area contributed by atoms with E-state index < -0.39 is 0 Å². The van der Waals surface area contributed by atoms with Gasteiger partial charge in [-0.25, -0.2) is 0 Å². The van der Waals surface area contributed by atoms with Gasteiger partial charge in [-0.2, -0.15) is 5.26 Å². The van der Waals surface area contributed by atoms with Crippen molar-refractivity contribution in [2.45, 2.75) is 18.9 Å². The molecule has 1 unspecified atom stereocenters. The largest absolute Gasteiger partial charge is 0.364 e. The highest BCUT2D eigenvalue weighted by molar-refractivity contribution is 6.35. The van der Waals surface area contributed by atoms with Crippen LogP contribution in [0, 0.1) is 11.3 Å². The molecule has 0 saturated carbocycles. The second kappa shape index (κ2) is 4.22. The topological polar surface area (TPSA) is 39.9 Å². The summed E-state index contributed by atoms with van der Waals surface area (Å²) in [5, 5.41) is 9.71. The number of anilines is 1. The number of hydrogen-bond acceptors (Lipinski definition) is 3. The van der Waals surface area contributed by atoms with Crippen molar-refractivity contribution in [3.8, 4) is 17.3 Å². The smallest absolute Gasteiger partial charge is 0.101 e. The molecule has 0 radical (unpaired) electrons. The van der Waals surface area contributed by atoms with Crippen LogP contribution in [0.4, 0.5) is 5.69 Å². The molecule has 1 aromatic carbocycles. The average Bonchev–Trinajstić information content (AvgIpc) is 2.97. The molecule has 1 atom stereocenters. The Morgan fingerprint density at radius 3 is 3.10 bits per heavy atom. The van der Waals surface area contributed by atoms with Gasteiger partial charge in [-0.1, -0.05) is 17.7 Å². The molecule has 2 aromatic rings. The van der Waals surface area contributed by atoms with E-state index >= 15 is 0 Å². The normalized spacial score (nSPS) is 19.0. The SMILES string of the molecule is N#Cc1ccc2c(c1Cl)-c1ncccc1C1CCCN21. The van der Waals surface area contributed by atoms with Crippen LogP contribution in [0.5, 0.6) is 0 Å². The second-order valence-corrected chi connectivity index (χ2v) is 5.60. The van der Waals surface area contributed by atoms with Crippen LogP contribution in [0.3, 0.4) is 0 Å². The van der Waals surface area contributed by atoms with Crippen molar-refractivity contribution in [3.05, 3.63) is 46.6 Å². The van der Waals surface area contributed by atoms with E-state index in [2.05, 4.69) is 22.0 Å². The van der Waals surface area contributed by atoms with Gasteiger partial charge >= 0.3 is 0 Å². The molecular weight excluding hydrogens is 270 g/mol. The number of nitriles is 1. The van der Waals surface area contributed by atoms with Crippen LogP contribution in [0.2, 0.25) is 5.02 Å². The molecule has 3 heterocycles. The van der Waals surface area contributed by atoms with E-state index in [4.69, 9.17) is 11.6 Å². The Hall–Kier alpha value is -2.05. The Morgan fingerprint density at radius 1 is 1.35 bits per heavy atom. The summed E-state index contributed by atoms with van der Waals surface area (Å²) in [6, 6.07) is 10.5. The lowest BCUT2D eigenvalue weighted by Gasteiger charge is -2.35. The van der Waals surface area contributed by atoms with Crippen LogP contribution in [0.15, 0.2) is 30.5 Å². The fourth-order valence-electron chi connectivity index (χ4n) is 3.39. The Morgan fingerprint density at radius 2 is 2.25 bits per heavy atom. The van der Waals surface area contributed by atoms with Crippen LogP contribution < -0.4 is 4.90 Å². The summed E-state index contributed by atoms with van der Waals surface area (Å²) in [6.07, 6.45) is 4.12. The lowest BCUT2D eigenvalue weighted by atomic mass is 9.91. The molecule has 0 spiro atoms. The number of aromatic nitrogens is 1. The molecule has 2 aliphatic heterocycles. The molecule has 0 N–H and O–H groups in total. The van der Waals surface area contributed by atoms with Gasteiger partial charge in [-0.15, -0.1) is 0 Å². The summed E-state index contributed by atoms with van der Waals surface area (Å²) >= 11 is 6.46. The molecule has 0 aliphatic carbocycles. The van der Waals surface area contributed by atoms with Gasteiger partial charge in [0.05, 0.1) is 22.3 Å². The number of hydrogen-bond donors (Lipinski definition) is 0. The first-order valence-corrected chi connectivity index (χ1v) is 7.13. The number of pyridine rings is 1. The number of rotatable bonds is 0. The molecule has 0 bridgehead atoms. The predicted octanol–water partition coefficient (Wildman–Crippen LogP) is 3.93. The minimum Gasteiger partial charge on any atom is -0.364 e. The van der Waals surface area contributed by atoms with Gasteiger partial charge in [-0.05, 0) is 31.0 Å². The van der Waals surface area contributed by atoms with E-state index in [0.717, 1.165) is 29.9 Å². The minimum atomic E-state index is 0.398. The Bertz CT molecular complexity index is 748. The van der Waals surface area contributed by atoms with Crippen LogP contribution in [0.25, 0.3) is 11.3 Å². The number of benzene rings is 1. The first kappa shape index (κ1) is 11.7. The lowest BCUT2D eigenvalue weighted by molar-refractivity contribution is 0.709. The molecular formula is C16H12ClN3. The Kier molecular flexibility index (Phi) is 2.48. The first-order chi connectivity index (χ1) is 9.81. The third-order valence-electron chi connectivity index (χ3n) is 4.24. The van der Waals surface area contributed by atoms with Crippen molar-refractivity contribution in [2.24, 2.45) is 0 Å². The zero-order chi connectivity index (χ0) is 13.7. The molecule has 4 heteroatoms. The maximum absolute atomic E-state index is 9.19.